The van der Waals surface area contributed by atoms with Gasteiger partial charge in [0.05, 0.1) is 7.11 Å². The second kappa shape index (κ2) is 8.82. The molecule has 1 aliphatic rings. The molecule has 22 heavy (non-hydrogen) atoms. The average Bonchev–Trinajstić information content (AvgIpc) is 2.41. The Labute approximate surface area is 146 Å². The maximum atomic E-state index is 10.3. The van der Waals surface area contributed by atoms with Gasteiger partial charge in [-0.05, 0) is 23.6 Å². The highest BCUT2D eigenvalue weighted by Gasteiger charge is 2.34. The first-order valence-corrected chi connectivity index (χ1v) is 7.25. The Morgan fingerprint density at radius 3 is 2.27 bits per heavy atom. The number of aromatic hydroxyl groups is 1. The average molecular weight is 351 g/mol. The van der Waals surface area contributed by atoms with Gasteiger partial charge in [0.15, 0.2) is 0 Å². The summed E-state index contributed by atoms with van der Waals surface area (Å²) in [7, 11) is 1.66. The van der Waals surface area contributed by atoms with Gasteiger partial charge >= 0.3 is 0 Å². The normalized spacial score (nSPS) is 17.1. The summed E-state index contributed by atoms with van der Waals surface area (Å²) in [6, 6.07) is 5.68. The van der Waals surface area contributed by atoms with Crippen LogP contribution in [0.2, 0.25) is 0 Å². The van der Waals surface area contributed by atoms with Gasteiger partial charge in [0, 0.05) is 37.8 Å². The molecule has 0 saturated carbocycles. The molecule has 0 spiro atoms. The molecule has 1 aromatic carbocycles. The molecule has 2 N–H and O–H groups in total. The van der Waals surface area contributed by atoms with Crippen LogP contribution in [0.25, 0.3) is 0 Å². The van der Waals surface area contributed by atoms with E-state index >= 15 is 0 Å². The molecule has 128 valence electrons. The van der Waals surface area contributed by atoms with E-state index in [4.69, 9.17) is 4.74 Å². The molecule has 0 amide bonds. The summed E-state index contributed by atoms with van der Waals surface area (Å²) in [6.07, 6.45) is 0. The lowest BCUT2D eigenvalue weighted by Gasteiger charge is -2.42. The van der Waals surface area contributed by atoms with Crippen LogP contribution in [0.15, 0.2) is 18.2 Å². The van der Waals surface area contributed by atoms with Crippen LogP contribution in [0.4, 0.5) is 0 Å². The topological polar surface area (TPSA) is 44.7 Å². The largest absolute Gasteiger partial charge is 0.508 e. The van der Waals surface area contributed by atoms with Crippen molar-refractivity contribution in [1.82, 2.24) is 10.2 Å². The minimum atomic E-state index is 0. The molecule has 0 radical (unpaired) electrons. The molecule has 1 saturated heterocycles. The summed E-state index contributed by atoms with van der Waals surface area (Å²) in [5.41, 5.74) is 1.00. The van der Waals surface area contributed by atoms with E-state index in [-0.39, 0.29) is 36.3 Å². The monoisotopic (exact) mass is 350 g/mol. The number of nitrogens with one attached hydrogen (secondary N) is 1. The molecule has 0 aromatic heterocycles. The first-order chi connectivity index (χ1) is 9.43. The number of halogens is 2. The fourth-order valence-corrected chi connectivity index (χ4v) is 3.03. The molecule has 2 rings (SSSR count). The molecule has 1 aromatic rings. The lowest BCUT2D eigenvalue weighted by atomic mass is 9.80. The summed E-state index contributed by atoms with van der Waals surface area (Å²) in [6.45, 7) is 10.7. The third-order valence-electron chi connectivity index (χ3n) is 3.87. The third kappa shape index (κ3) is 4.92. The Morgan fingerprint density at radius 2 is 1.77 bits per heavy atom. The van der Waals surface area contributed by atoms with Gasteiger partial charge in [0.2, 0.25) is 0 Å². The number of ether oxygens (including phenoxy) is 1. The highest BCUT2D eigenvalue weighted by Crippen LogP contribution is 2.42. The highest BCUT2D eigenvalue weighted by atomic mass is 35.5. The zero-order valence-corrected chi connectivity index (χ0v) is 15.4. The number of hydrogen-bond acceptors (Lipinski definition) is 4. The maximum Gasteiger partial charge on any atom is 0.120 e. The molecular formula is C16H28Cl2N2O2. The van der Waals surface area contributed by atoms with Crippen LogP contribution in [0.3, 0.4) is 0 Å². The van der Waals surface area contributed by atoms with Crippen LogP contribution in [-0.4, -0.2) is 43.3 Å². The lowest BCUT2D eigenvalue weighted by molar-refractivity contribution is 0.0841. The van der Waals surface area contributed by atoms with Gasteiger partial charge in [-0.15, -0.1) is 24.8 Å². The molecule has 1 fully saturated rings. The highest BCUT2D eigenvalue weighted by molar-refractivity contribution is 5.85. The van der Waals surface area contributed by atoms with E-state index < -0.39 is 0 Å². The minimum Gasteiger partial charge on any atom is -0.508 e. The quantitative estimate of drug-likeness (QED) is 0.878. The SMILES string of the molecule is COc1ccc(O)c([C@@H](N2CCNCC2)C(C)(C)C)c1.Cl.Cl. The summed E-state index contributed by atoms with van der Waals surface area (Å²) < 4.78 is 5.32. The molecule has 0 unspecified atom stereocenters. The molecule has 1 heterocycles. The number of phenolic OH excluding ortho intramolecular Hbond substituents is 1. The van der Waals surface area contributed by atoms with Gasteiger partial charge in [-0.25, -0.2) is 0 Å². The zero-order chi connectivity index (χ0) is 14.8. The molecule has 4 nitrogen and oxygen atoms in total. The molecule has 1 aliphatic heterocycles. The zero-order valence-electron chi connectivity index (χ0n) is 13.8. The van der Waals surface area contributed by atoms with Crippen LogP contribution in [0, 0.1) is 5.41 Å². The Bertz CT molecular complexity index is 458. The van der Waals surface area contributed by atoms with Crippen molar-refractivity contribution in [2.45, 2.75) is 26.8 Å². The van der Waals surface area contributed by atoms with Crippen molar-refractivity contribution >= 4 is 24.8 Å². The predicted molar refractivity (Wildman–Crippen MR) is 95.8 cm³/mol. The van der Waals surface area contributed by atoms with Gasteiger partial charge in [0.1, 0.15) is 11.5 Å². The number of phenols is 1. The second-order valence-electron chi connectivity index (χ2n) is 6.48. The van der Waals surface area contributed by atoms with Gasteiger partial charge in [-0.3, -0.25) is 4.90 Å². The van der Waals surface area contributed by atoms with Crippen LogP contribution in [0.1, 0.15) is 32.4 Å². The van der Waals surface area contributed by atoms with Crippen molar-refractivity contribution in [3.8, 4) is 11.5 Å². The molecule has 1 atom stereocenters. The Balaban J connectivity index is 0.00000220. The van der Waals surface area contributed by atoms with Gasteiger partial charge in [-0.1, -0.05) is 20.8 Å². The molecule has 6 heteroatoms. The fraction of sp³-hybridized carbons (Fsp3) is 0.625. The third-order valence-corrected chi connectivity index (χ3v) is 3.87. The van der Waals surface area contributed by atoms with E-state index in [1.807, 2.05) is 6.07 Å². The van der Waals surface area contributed by atoms with E-state index in [1.165, 1.54) is 0 Å². The Kier molecular flexibility index (Phi) is 8.55. The molecule has 0 aliphatic carbocycles. The first kappa shape index (κ1) is 21.3. The summed E-state index contributed by atoms with van der Waals surface area (Å²) in [5.74, 6) is 1.14. The first-order valence-electron chi connectivity index (χ1n) is 7.25. The van der Waals surface area contributed by atoms with Crippen LogP contribution in [0.5, 0.6) is 11.5 Å². The van der Waals surface area contributed by atoms with Crippen molar-refractivity contribution in [1.29, 1.82) is 0 Å². The van der Waals surface area contributed by atoms with Crippen molar-refractivity contribution in [2.24, 2.45) is 5.41 Å². The Morgan fingerprint density at radius 1 is 1.18 bits per heavy atom. The number of rotatable bonds is 3. The number of hydrogen-bond donors (Lipinski definition) is 2. The van der Waals surface area contributed by atoms with E-state index in [0.717, 1.165) is 37.5 Å². The Hall–Kier alpha value is -0.680. The van der Waals surface area contributed by atoms with Crippen molar-refractivity contribution < 1.29 is 9.84 Å². The van der Waals surface area contributed by atoms with E-state index in [2.05, 4.69) is 31.0 Å². The molecular weight excluding hydrogens is 323 g/mol. The standard InChI is InChI=1S/C16H26N2O2.2ClH/c1-16(2,3)15(18-9-7-17-8-10-18)13-11-12(20-4)5-6-14(13)19;;/h5-6,11,15,17,19H,7-10H2,1-4H3;2*1H/t15-;;/m1../s1. The molecule has 0 bridgehead atoms. The van der Waals surface area contributed by atoms with E-state index in [0.29, 0.717) is 5.75 Å². The van der Waals surface area contributed by atoms with Crippen LogP contribution in [-0.2, 0) is 0 Å². The van der Waals surface area contributed by atoms with Gasteiger partial charge < -0.3 is 15.2 Å². The van der Waals surface area contributed by atoms with Crippen LogP contribution >= 0.6 is 24.8 Å². The maximum absolute atomic E-state index is 10.3. The smallest absolute Gasteiger partial charge is 0.120 e. The van der Waals surface area contributed by atoms with Crippen LogP contribution < -0.4 is 10.1 Å². The van der Waals surface area contributed by atoms with E-state index in [9.17, 15) is 5.11 Å². The minimum absolute atomic E-state index is 0. The number of nitrogens with zero attached hydrogens (tertiary/aromatic N) is 1. The second-order valence-corrected chi connectivity index (χ2v) is 6.48. The summed E-state index contributed by atoms with van der Waals surface area (Å²) in [4.78, 5) is 2.45. The van der Waals surface area contributed by atoms with Crippen molar-refractivity contribution in [3.63, 3.8) is 0 Å². The number of piperazine rings is 1. The fourth-order valence-electron chi connectivity index (χ4n) is 3.03. The van der Waals surface area contributed by atoms with Crippen molar-refractivity contribution in [3.05, 3.63) is 23.8 Å². The van der Waals surface area contributed by atoms with Crippen molar-refractivity contribution in [2.75, 3.05) is 33.3 Å². The lowest BCUT2D eigenvalue weighted by Crippen LogP contribution is -2.48. The summed E-state index contributed by atoms with van der Waals surface area (Å²) in [5, 5.41) is 13.7. The van der Waals surface area contributed by atoms with Gasteiger partial charge in [-0.2, -0.15) is 0 Å². The van der Waals surface area contributed by atoms with Gasteiger partial charge in [0.25, 0.3) is 0 Å². The number of benzene rings is 1. The predicted octanol–water partition coefficient (Wildman–Crippen LogP) is 3.24. The van der Waals surface area contributed by atoms with E-state index in [1.54, 1.807) is 19.2 Å². The number of methoxy groups -OCH3 is 1. The summed E-state index contributed by atoms with van der Waals surface area (Å²) >= 11 is 0.